The average Bonchev–Trinajstić information content (AvgIpc) is 2.87. The van der Waals surface area contributed by atoms with E-state index < -0.39 is 5.92 Å². The van der Waals surface area contributed by atoms with Gasteiger partial charge >= 0.3 is 0 Å². The highest BCUT2D eigenvalue weighted by molar-refractivity contribution is 9.10. The molecule has 2 nitrogen and oxygen atoms in total. The summed E-state index contributed by atoms with van der Waals surface area (Å²) in [5.41, 5.74) is 3.03. The van der Waals surface area contributed by atoms with E-state index in [0.29, 0.717) is 0 Å². The Morgan fingerprint density at radius 3 is 1.95 bits per heavy atom. The van der Waals surface area contributed by atoms with Crippen molar-refractivity contribution in [3.05, 3.63) is 33.3 Å². The van der Waals surface area contributed by atoms with Crippen LogP contribution in [0.2, 0.25) is 0 Å². The van der Waals surface area contributed by atoms with Crippen molar-refractivity contribution in [2.75, 3.05) is 0 Å². The smallest absolute Gasteiger partial charge is 0.151 e. The van der Waals surface area contributed by atoms with E-state index in [0.717, 1.165) is 40.4 Å². The van der Waals surface area contributed by atoms with E-state index in [1.165, 1.54) is 0 Å². The first kappa shape index (κ1) is 13.0. The van der Waals surface area contributed by atoms with Gasteiger partial charge in [0.05, 0.1) is 0 Å². The molecule has 2 saturated carbocycles. The molecule has 1 aromatic carbocycles. The van der Waals surface area contributed by atoms with Crippen LogP contribution in [0.3, 0.4) is 0 Å². The standard InChI is InChI=1S/C16H17BrO2/c1-8-6-10(17)7-9(2)13(8)14-15(18)11-4-3-5-12(11)16(14)19/h6-7,11-12,14H,3-5H2,1-2H3. The third-order valence-corrected chi connectivity index (χ3v) is 5.12. The topological polar surface area (TPSA) is 34.1 Å². The molecule has 100 valence electrons. The molecule has 0 radical (unpaired) electrons. The van der Waals surface area contributed by atoms with Crippen molar-refractivity contribution < 1.29 is 9.59 Å². The Morgan fingerprint density at radius 1 is 1.00 bits per heavy atom. The predicted octanol–water partition coefficient (Wildman–Crippen LogP) is 3.72. The molecule has 2 unspecified atom stereocenters. The second-order valence-corrected chi connectivity index (χ2v) is 6.75. The molecule has 3 rings (SSSR count). The van der Waals surface area contributed by atoms with Crippen LogP contribution in [-0.4, -0.2) is 11.6 Å². The van der Waals surface area contributed by atoms with Crippen molar-refractivity contribution in [1.82, 2.24) is 0 Å². The lowest BCUT2D eigenvalue weighted by Gasteiger charge is -2.16. The van der Waals surface area contributed by atoms with Crippen molar-refractivity contribution >= 4 is 27.5 Å². The van der Waals surface area contributed by atoms with E-state index >= 15 is 0 Å². The summed E-state index contributed by atoms with van der Waals surface area (Å²) in [6, 6.07) is 3.99. The zero-order valence-electron chi connectivity index (χ0n) is 11.2. The maximum atomic E-state index is 12.6. The summed E-state index contributed by atoms with van der Waals surface area (Å²) >= 11 is 3.46. The van der Waals surface area contributed by atoms with Gasteiger partial charge in [0.15, 0.2) is 11.6 Å². The van der Waals surface area contributed by atoms with Crippen molar-refractivity contribution in [2.45, 2.75) is 39.0 Å². The van der Waals surface area contributed by atoms with Gasteiger partial charge in [-0.25, -0.2) is 0 Å². The van der Waals surface area contributed by atoms with Crippen LogP contribution in [0.5, 0.6) is 0 Å². The van der Waals surface area contributed by atoms with Crippen LogP contribution in [0.15, 0.2) is 16.6 Å². The number of rotatable bonds is 1. The van der Waals surface area contributed by atoms with E-state index in [4.69, 9.17) is 0 Å². The number of benzene rings is 1. The summed E-state index contributed by atoms with van der Waals surface area (Å²) in [4.78, 5) is 25.1. The summed E-state index contributed by atoms with van der Waals surface area (Å²) in [6.45, 7) is 3.98. The minimum Gasteiger partial charge on any atom is -0.298 e. The van der Waals surface area contributed by atoms with Gasteiger partial charge in [0.25, 0.3) is 0 Å². The first-order chi connectivity index (χ1) is 9.00. The van der Waals surface area contributed by atoms with Crippen LogP contribution in [-0.2, 0) is 9.59 Å². The third kappa shape index (κ3) is 1.90. The Bertz CT molecular complexity index is 531. The summed E-state index contributed by atoms with van der Waals surface area (Å²) < 4.78 is 1.00. The number of halogens is 1. The Kier molecular flexibility index (Phi) is 3.12. The maximum absolute atomic E-state index is 12.6. The minimum atomic E-state index is -0.497. The van der Waals surface area contributed by atoms with Gasteiger partial charge < -0.3 is 0 Å². The van der Waals surface area contributed by atoms with Crippen molar-refractivity contribution in [3.8, 4) is 0 Å². The second kappa shape index (κ2) is 4.55. The van der Waals surface area contributed by atoms with E-state index in [9.17, 15) is 9.59 Å². The molecular weight excluding hydrogens is 304 g/mol. The average molecular weight is 321 g/mol. The van der Waals surface area contributed by atoms with Crippen LogP contribution in [0.4, 0.5) is 0 Å². The zero-order valence-corrected chi connectivity index (χ0v) is 12.8. The van der Waals surface area contributed by atoms with Crippen LogP contribution in [0.1, 0.15) is 41.9 Å². The molecule has 19 heavy (non-hydrogen) atoms. The number of ketones is 2. The Balaban J connectivity index is 2.08. The number of carbonyl (C=O) groups excluding carboxylic acids is 2. The molecule has 0 N–H and O–H groups in total. The number of aryl methyl sites for hydroxylation is 2. The molecule has 0 bridgehead atoms. The third-order valence-electron chi connectivity index (χ3n) is 4.66. The Labute approximate surface area is 121 Å². The van der Waals surface area contributed by atoms with Crippen LogP contribution < -0.4 is 0 Å². The number of carbonyl (C=O) groups is 2. The molecule has 2 fully saturated rings. The van der Waals surface area contributed by atoms with Gasteiger partial charge in [-0.05, 0) is 55.5 Å². The van der Waals surface area contributed by atoms with Gasteiger partial charge in [0, 0.05) is 16.3 Å². The van der Waals surface area contributed by atoms with Crippen molar-refractivity contribution in [2.24, 2.45) is 11.8 Å². The first-order valence-corrected chi connectivity index (χ1v) is 7.64. The summed E-state index contributed by atoms with van der Waals surface area (Å²) in [5, 5.41) is 0. The molecule has 0 aliphatic heterocycles. The van der Waals surface area contributed by atoms with Gasteiger partial charge in [0.2, 0.25) is 0 Å². The monoisotopic (exact) mass is 320 g/mol. The first-order valence-electron chi connectivity index (χ1n) is 6.85. The number of hydrogen-bond acceptors (Lipinski definition) is 2. The van der Waals surface area contributed by atoms with Crippen molar-refractivity contribution in [3.63, 3.8) is 0 Å². The largest absolute Gasteiger partial charge is 0.298 e. The maximum Gasteiger partial charge on any atom is 0.151 e. The molecule has 0 saturated heterocycles. The normalized spacial score (nSPS) is 29.9. The fourth-order valence-electron chi connectivity index (χ4n) is 3.87. The number of hydrogen-bond donors (Lipinski definition) is 0. The van der Waals surface area contributed by atoms with Gasteiger partial charge in [-0.2, -0.15) is 0 Å². The lowest BCUT2D eigenvalue weighted by atomic mass is 9.86. The fourth-order valence-corrected chi connectivity index (χ4v) is 4.56. The van der Waals surface area contributed by atoms with Crippen LogP contribution in [0, 0.1) is 25.7 Å². The molecule has 1 aromatic rings. The molecule has 2 aliphatic rings. The molecular formula is C16H17BrO2. The van der Waals surface area contributed by atoms with E-state index in [-0.39, 0.29) is 23.4 Å². The summed E-state index contributed by atoms with van der Waals surface area (Å²) in [6.07, 6.45) is 2.83. The Morgan fingerprint density at radius 2 is 1.47 bits per heavy atom. The van der Waals surface area contributed by atoms with Crippen LogP contribution in [0.25, 0.3) is 0 Å². The molecule has 3 heteroatoms. The number of Topliss-reactive ketones (excluding diaryl/α,β-unsaturated/α-hetero) is 2. The zero-order chi connectivity index (χ0) is 13.7. The molecule has 0 spiro atoms. The predicted molar refractivity (Wildman–Crippen MR) is 77.2 cm³/mol. The summed E-state index contributed by atoms with van der Waals surface area (Å²) in [5.74, 6) is -0.162. The highest BCUT2D eigenvalue weighted by Crippen LogP contribution is 2.47. The SMILES string of the molecule is Cc1cc(Br)cc(C)c1C1C(=O)C2CCCC2C1=O. The fraction of sp³-hybridized carbons (Fsp3) is 0.500. The lowest BCUT2D eigenvalue weighted by molar-refractivity contribution is -0.125. The van der Waals surface area contributed by atoms with Crippen molar-refractivity contribution in [1.29, 1.82) is 0 Å². The Hall–Kier alpha value is -0.960. The molecule has 0 heterocycles. The van der Waals surface area contributed by atoms with E-state index in [2.05, 4.69) is 15.9 Å². The van der Waals surface area contributed by atoms with Gasteiger partial charge in [-0.1, -0.05) is 22.4 Å². The van der Waals surface area contributed by atoms with Gasteiger partial charge in [-0.15, -0.1) is 0 Å². The molecule has 0 amide bonds. The molecule has 2 atom stereocenters. The lowest BCUT2D eigenvalue weighted by Crippen LogP contribution is -2.18. The second-order valence-electron chi connectivity index (χ2n) is 5.83. The molecule has 2 aliphatic carbocycles. The molecule has 0 aromatic heterocycles. The van der Waals surface area contributed by atoms with Gasteiger partial charge in [0.1, 0.15) is 5.92 Å². The highest BCUT2D eigenvalue weighted by atomic mass is 79.9. The van der Waals surface area contributed by atoms with Crippen LogP contribution >= 0.6 is 15.9 Å². The van der Waals surface area contributed by atoms with E-state index in [1.54, 1.807) is 0 Å². The number of fused-ring (bicyclic) bond motifs is 1. The highest BCUT2D eigenvalue weighted by Gasteiger charge is 2.52. The minimum absolute atomic E-state index is 0.0000492. The quantitative estimate of drug-likeness (QED) is 0.739. The summed E-state index contributed by atoms with van der Waals surface area (Å²) in [7, 11) is 0. The van der Waals surface area contributed by atoms with E-state index in [1.807, 2.05) is 26.0 Å². The van der Waals surface area contributed by atoms with Gasteiger partial charge in [-0.3, -0.25) is 9.59 Å².